The number of nitrogens with one attached hydrogen (secondary N) is 1. The summed E-state index contributed by atoms with van der Waals surface area (Å²) in [6.45, 7) is 0. The van der Waals surface area contributed by atoms with Crippen molar-refractivity contribution in [2.45, 2.75) is 11.8 Å². The van der Waals surface area contributed by atoms with Crippen molar-refractivity contribution < 1.29 is 0 Å². The Morgan fingerprint density at radius 2 is 1.76 bits per heavy atom. The predicted molar refractivity (Wildman–Crippen MR) is 120 cm³/mol. The summed E-state index contributed by atoms with van der Waals surface area (Å²) in [6.07, 6.45) is 5.38. The number of H-pyrrole nitrogens is 1. The lowest BCUT2D eigenvalue weighted by Gasteiger charge is -2.34. The van der Waals surface area contributed by atoms with Crippen LogP contribution in [0.15, 0.2) is 71.6 Å². The highest BCUT2D eigenvalue weighted by Gasteiger charge is 2.36. The van der Waals surface area contributed by atoms with Crippen molar-refractivity contribution in [3.63, 3.8) is 0 Å². The summed E-state index contributed by atoms with van der Waals surface area (Å²) in [5.41, 5.74) is 9.54. The van der Waals surface area contributed by atoms with Gasteiger partial charge in [0.05, 0.1) is 5.51 Å². The van der Waals surface area contributed by atoms with Gasteiger partial charge in [-0.2, -0.15) is 5.10 Å². The summed E-state index contributed by atoms with van der Waals surface area (Å²) >= 11 is 1.59. The first-order valence-electron chi connectivity index (χ1n) is 9.66. The van der Waals surface area contributed by atoms with Crippen molar-refractivity contribution in [1.82, 2.24) is 15.2 Å². The predicted octanol–water partition coefficient (Wildman–Crippen LogP) is 5.15. The Morgan fingerprint density at radius 1 is 1.00 bits per heavy atom. The fourth-order valence-electron chi connectivity index (χ4n) is 4.14. The number of allylic oxidation sites excluding steroid dienone is 1. The van der Waals surface area contributed by atoms with Gasteiger partial charge in [0.1, 0.15) is 11.4 Å². The molecule has 0 fully saturated rings. The average molecular weight is 399 g/mol. The third-order valence-corrected chi connectivity index (χ3v) is 6.32. The topological polar surface area (TPSA) is 44.8 Å². The lowest BCUT2D eigenvalue weighted by Crippen LogP contribution is -2.30. The second-order valence-corrected chi connectivity index (χ2v) is 8.35. The largest absolute Gasteiger partial charge is 0.378 e. The maximum absolute atomic E-state index is 4.59. The normalized spacial score (nSPS) is 17.9. The van der Waals surface area contributed by atoms with Crippen LogP contribution in [-0.4, -0.2) is 29.3 Å². The Kier molecular flexibility index (Phi) is 4.32. The van der Waals surface area contributed by atoms with E-state index >= 15 is 0 Å². The van der Waals surface area contributed by atoms with E-state index in [1.165, 1.54) is 16.8 Å². The molecule has 144 valence electrons. The summed E-state index contributed by atoms with van der Waals surface area (Å²) in [6, 6.07) is 19.6. The van der Waals surface area contributed by atoms with Crippen molar-refractivity contribution in [3.8, 4) is 11.4 Å². The number of thiazole rings is 1. The summed E-state index contributed by atoms with van der Waals surface area (Å²) in [5, 5.41) is 9.93. The molecule has 1 unspecified atom stereocenters. The molecule has 0 bridgehead atoms. The van der Waals surface area contributed by atoms with Gasteiger partial charge in [-0.3, -0.25) is 5.10 Å². The molecule has 4 nitrogen and oxygen atoms in total. The minimum absolute atomic E-state index is 0.231. The maximum atomic E-state index is 4.59. The Bertz CT molecular complexity index is 1140. The van der Waals surface area contributed by atoms with E-state index in [1.54, 1.807) is 11.3 Å². The smallest absolute Gasteiger partial charge is 0.119 e. The molecule has 0 amide bonds. The average Bonchev–Trinajstić information content (AvgIpc) is 3.43. The van der Waals surface area contributed by atoms with Gasteiger partial charge >= 0.3 is 0 Å². The van der Waals surface area contributed by atoms with Gasteiger partial charge in [0.25, 0.3) is 0 Å². The third kappa shape index (κ3) is 2.98. The van der Waals surface area contributed by atoms with Crippen LogP contribution in [0.25, 0.3) is 17.5 Å². The molecular formula is C24H22N4S. The zero-order valence-electron chi connectivity index (χ0n) is 16.5. The minimum Gasteiger partial charge on any atom is -0.378 e. The number of aromatic amines is 1. The standard InChI is InChI=1S/C24H22N4S/c1-28(2)19-10-8-18(9-11-19)24(17-6-4-3-5-7-17)13-12-20-21(14-24)26-27-23(20)22-15-29-16-25-22/h3-13,15-16H,14H2,1-2H3,(H,26,27). The SMILES string of the molecule is CN(C)c1ccc(C2(c3ccccc3)C=Cc3c(-c4cscn4)n[nH]c3C2)cc1. The second-order valence-electron chi connectivity index (χ2n) is 7.63. The highest BCUT2D eigenvalue weighted by molar-refractivity contribution is 7.07. The van der Waals surface area contributed by atoms with Crippen LogP contribution in [0.1, 0.15) is 22.4 Å². The van der Waals surface area contributed by atoms with Crippen LogP contribution in [0.5, 0.6) is 0 Å². The molecular weight excluding hydrogens is 376 g/mol. The molecule has 5 heteroatoms. The summed E-state index contributed by atoms with van der Waals surface area (Å²) in [7, 11) is 4.14. The minimum atomic E-state index is -0.231. The van der Waals surface area contributed by atoms with Crippen molar-refractivity contribution >= 4 is 23.1 Å². The Hall–Kier alpha value is -3.18. The van der Waals surface area contributed by atoms with Crippen molar-refractivity contribution in [2.75, 3.05) is 19.0 Å². The fourth-order valence-corrected chi connectivity index (χ4v) is 4.68. The molecule has 0 aliphatic heterocycles. The molecule has 29 heavy (non-hydrogen) atoms. The maximum Gasteiger partial charge on any atom is 0.119 e. The number of rotatable bonds is 4. The molecule has 5 rings (SSSR count). The first-order valence-corrected chi connectivity index (χ1v) is 10.6. The Morgan fingerprint density at radius 3 is 2.45 bits per heavy atom. The van der Waals surface area contributed by atoms with E-state index in [0.29, 0.717) is 0 Å². The summed E-state index contributed by atoms with van der Waals surface area (Å²) in [4.78, 5) is 6.57. The van der Waals surface area contributed by atoms with Gasteiger partial charge in [0.15, 0.2) is 0 Å². The zero-order valence-corrected chi connectivity index (χ0v) is 17.3. The Labute approximate surface area is 174 Å². The lowest BCUT2D eigenvalue weighted by molar-refractivity contribution is 0.620. The summed E-state index contributed by atoms with van der Waals surface area (Å²) in [5.74, 6) is 0. The van der Waals surface area contributed by atoms with Gasteiger partial charge < -0.3 is 4.90 Å². The van der Waals surface area contributed by atoms with Crippen LogP contribution in [-0.2, 0) is 11.8 Å². The molecule has 0 saturated heterocycles. The van der Waals surface area contributed by atoms with E-state index in [2.05, 4.69) is 101 Å². The van der Waals surface area contributed by atoms with Crippen LogP contribution < -0.4 is 4.90 Å². The number of fused-ring (bicyclic) bond motifs is 1. The molecule has 2 aromatic heterocycles. The number of benzene rings is 2. The lowest BCUT2D eigenvalue weighted by atomic mass is 9.68. The molecule has 1 aliphatic carbocycles. The molecule has 2 heterocycles. The molecule has 0 radical (unpaired) electrons. The molecule has 0 spiro atoms. The summed E-state index contributed by atoms with van der Waals surface area (Å²) < 4.78 is 0. The molecule has 1 aliphatic rings. The monoisotopic (exact) mass is 398 g/mol. The van der Waals surface area contributed by atoms with Gasteiger partial charge in [-0.1, -0.05) is 54.6 Å². The number of hydrogen-bond acceptors (Lipinski definition) is 4. The van der Waals surface area contributed by atoms with Crippen LogP contribution in [0.2, 0.25) is 0 Å². The fraction of sp³-hybridized carbons (Fsp3) is 0.167. The molecule has 2 aromatic carbocycles. The van der Waals surface area contributed by atoms with E-state index in [-0.39, 0.29) is 5.41 Å². The highest BCUT2D eigenvalue weighted by Crippen LogP contribution is 2.43. The van der Waals surface area contributed by atoms with E-state index in [0.717, 1.165) is 29.1 Å². The van der Waals surface area contributed by atoms with Crippen molar-refractivity contribution in [1.29, 1.82) is 0 Å². The van der Waals surface area contributed by atoms with Gasteiger partial charge in [-0.15, -0.1) is 11.3 Å². The molecule has 4 aromatic rings. The highest BCUT2D eigenvalue weighted by atomic mass is 32.1. The number of aromatic nitrogens is 3. The van der Waals surface area contributed by atoms with E-state index < -0.39 is 0 Å². The quantitative estimate of drug-likeness (QED) is 0.517. The van der Waals surface area contributed by atoms with Crippen LogP contribution in [0.4, 0.5) is 5.69 Å². The van der Waals surface area contributed by atoms with Gasteiger partial charge in [-0.05, 0) is 23.3 Å². The van der Waals surface area contributed by atoms with Gasteiger partial charge in [0, 0.05) is 48.3 Å². The number of hydrogen-bond donors (Lipinski definition) is 1. The van der Waals surface area contributed by atoms with Crippen molar-refractivity contribution in [3.05, 3.63) is 93.9 Å². The van der Waals surface area contributed by atoms with Crippen LogP contribution >= 0.6 is 11.3 Å². The Balaban J connectivity index is 1.63. The van der Waals surface area contributed by atoms with Crippen LogP contribution in [0.3, 0.4) is 0 Å². The molecule has 0 saturated carbocycles. The molecule has 1 N–H and O–H groups in total. The number of nitrogens with zero attached hydrogens (tertiary/aromatic N) is 3. The van der Waals surface area contributed by atoms with Crippen LogP contribution in [0, 0.1) is 0 Å². The zero-order chi connectivity index (χ0) is 19.8. The van der Waals surface area contributed by atoms with E-state index in [9.17, 15) is 0 Å². The van der Waals surface area contributed by atoms with Crippen molar-refractivity contribution in [2.24, 2.45) is 0 Å². The third-order valence-electron chi connectivity index (χ3n) is 5.74. The van der Waals surface area contributed by atoms with E-state index in [4.69, 9.17) is 0 Å². The second kappa shape index (κ2) is 7.01. The first-order chi connectivity index (χ1) is 14.2. The van der Waals surface area contributed by atoms with Gasteiger partial charge in [-0.25, -0.2) is 4.98 Å². The molecule has 1 atom stereocenters. The first kappa shape index (κ1) is 17.9. The van der Waals surface area contributed by atoms with E-state index in [1.807, 2.05) is 10.9 Å². The number of anilines is 1. The van der Waals surface area contributed by atoms with Gasteiger partial charge in [0.2, 0.25) is 0 Å².